The third-order valence-corrected chi connectivity index (χ3v) is 4.50. The van der Waals surface area contributed by atoms with Crippen LogP contribution in [0.2, 0.25) is 0 Å². The number of imidazole rings is 2. The summed E-state index contributed by atoms with van der Waals surface area (Å²) in [5, 5.41) is 1.31. The first kappa shape index (κ1) is 12.5. The van der Waals surface area contributed by atoms with Gasteiger partial charge >= 0.3 is 0 Å². The fraction of sp³-hybridized carbons (Fsp3) is 0.111. The van der Waals surface area contributed by atoms with E-state index >= 15 is 0 Å². The minimum atomic E-state index is 1.03. The van der Waals surface area contributed by atoms with E-state index in [9.17, 15) is 0 Å². The molecule has 3 aromatic heterocycles. The SMILES string of the molecule is C1=C(n2ccnc2)CCc2c1[nH]c1cc(-n3ccnc3)ccc21. The first-order valence-corrected chi connectivity index (χ1v) is 7.70. The average molecular weight is 301 g/mol. The van der Waals surface area contributed by atoms with E-state index in [1.54, 1.807) is 6.20 Å². The number of aromatic amines is 1. The van der Waals surface area contributed by atoms with Crippen molar-refractivity contribution >= 4 is 22.7 Å². The van der Waals surface area contributed by atoms with Crippen molar-refractivity contribution in [3.05, 3.63) is 66.9 Å². The van der Waals surface area contributed by atoms with Crippen LogP contribution in [0.5, 0.6) is 0 Å². The number of H-pyrrole nitrogens is 1. The van der Waals surface area contributed by atoms with Crippen molar-refractivity contribution in [3.8, 4) is 5.69 Å². The molecule has 1 aromatic carbocycles. The molecule has 0 bridgehead atoms. The molecule has 0 atom stereocenters. The third-order valence-electron chi connectivity index (χ3n) is 4.50. The summed E-state index contributed by atoms with van der Waals surface area (Å²) in [7, 11) is 0. The van der Waals surface area contributed by atoms with Gasteiger partial charge in [-0.2, -0.15) is 0 Å². The summed E-state index contributed by atoms with van der Waals surface area (Å²) >= 11 is 0. The molecule has 112 valence electrons. The largest absolute Gasteiger partial charge is 0.355 e. The molecule has 0 aliphatic heterocycles. The van der Waals surface area contributed by atoms with Gasteiger partial charge in [0, 0.05) is 52.8 Å². The number of nitrogens with zero attached hydrogens (tertiary/aromatic N) is 4. The molecule has 0 unspecified atom stereocenters. The number of hydrogen-bond acceptors (Lipinski definition) is 2. The molecule has 0 fully saturated rings. The number of rotatable bonds is 2. The molecule has 5 nitrogen and oxygen atoms in total. The second-order valence-electron chi connectivity index (χ2n) is 5.82. The van der Waals surface area contributed by atoms with Crippen molar-refractivity contribution in [2.24, 2.45) is 0 Å². The molecule has 23 heavy (non-hydrogen) atoms. The van der Waals surface area contributed by atoms with E-state index < -0.39 is 0 Å². The van der Waals surface area contributed by atoms with Crippen molar-refractivity contribution in [1.82, 2.24) is 24.1 Å². The van der Waals surface area contributed by atoms with Gasteiger partial charge in [-0.3, -0.25) is 0 Å². The molecular weight excluding hydrogens is 286 g/mol. The maximum absolute atomic E-state index is 4.14. The minimum absolute atomic E-state index is 1.03. The summed E-state index contributed by atoms with van der Waals surface area (Å²) in [4.78, 5) is 11.8. The second kappa shape index (κ2) is 4.71. The zero-order valence-electron chi connectivity index (χ0n) is 12.5. The van der Waals surface area contributed by atoms with Crippen LogP contribution in [0.15, 0.2) is 55.6 Å². The van der Waals surface area contributed by atoms with Crippen molar-refractivity contribution in [1.29, 1.82) is 0 Å². The molecule has 0 spiro atoms. The summed E-state index contributed by atoms with van der Waals surface area (Å²) in [5.74, 6) is 0. The van der Waals surface area contributed by atoms with Gasteiger partial charge in [0.25, 0.3) is 0 Å². The summed E-state index contributed by atoms with van der Waals surface area (Å²) in [6.07, 6.45) is 15.6. The van der Waals surface area contributed by atoms with Crippen LogP contribution < -0.4 is 0 Å². The lowest BCUT2D eigenvalue weighted by Gasteiger charge is -2.14. The molecule has 1 N–H and O–H groups in total. The second-order valence-corrected chi connectivity index (χ2v) is 5.82. The van der Waals surface area contributed by atoms with Gasteiger partial charge in [0.1, 0.15) is 0 Å². The van der Waals surface area contributed by atoms with Crippen molar-refractivity contribution < 1.29 is 0 Å². The number of benzene rings is 1. The monoisotopic (exact) mass is 301 g/mol. The third kappa shape index (κ3) is 1.93. The number of aromatic nitrogens is 5. The lowest BCUT2D eigenvalue weighted by atomic mass is 9.98. The standard InChI is InChI=1S/C18H15N5/c1-3-15-16-4-2-14(23-8-6-20-12-23)10-18(16)21-17(15)9-13(1)22-7-5-19-11-22/h1,3,5-12,21H,2,4H2. The minimum Gasteiger partial charge on any atom is -0.355 e. The zero-order chi connectivity index (χ0) is 15.2. The van der Waals surface area contributed by atoms with Crippen molar-refractivity contribution in [3.63, 3.8) is 0 Å². The van der Waals surface area contributed by atoms with Crippen molar-refractivity contribution in [2.75, 3.05) is 0 Å². The highest BCUT2D eigenvalue weighted by Crippen LogP contribution is 2.33. The highest BCUT2D eigenvalue weighted by Gasteiger charge is 2.17. The molecule has 0 saturated carbocycles. The van der Waals surface area contributed by atoms with E-state index in [-0.39, 0.29) is 0 Å². The Kier molecular flexibility index (Phi) is 2.55. The Morgan fingerprint density at radius 1 is 0.957 bits per heavy atom. The lowest BCUT2D eigenvalue weighted by Crippen LogP contribution is -2.02. The Bertz CT molecular complexity index is 1000. The van der Waals surface area contributed by atoms with Crippen LogP contribution in [0.3, 0.4) is 0 Å². The Morgan fingerprint density at radius 3 is 2.57 bits per heavy atom. The average Bonchev–Trinajstić information content (AvgIpc) is 3.32. The Morgan fingerprint density at radius 2 is 1.78 bits per heavy atom. The van der Waals surface area contributed by atoms with E-state index in [0.29, 0.717) is 0 Å². The van der Waals surface area contributed by atoms with Gasteiger partial charge in [0.2, 0.25) is 0 Å². The van der Waals surface area contributed by atoms with Gasteiger partial charge in [-0.15, -0.1) is 0 Å². The van der Waals surface area contributed by atoms with Gasteiger partial charge in [0.05, 0.1) is 12.7 Å². The van der Waals surface area contributed by atoms with E-state index in [1.165, 1.54) is 27.9 Å². The van der Waals surface area contributed by atoms with E-state index in [4.69, 9.17) is 0 Å². The van der Waals surface area contributed by atoms with Crippen LogP contribution >= 0.6 is 0 Å². The molecular formula is C18H15N5. The summed E-state index contributed by atoms with van der Waals surface area (Å²) in [5.41, 5.74) is 6.17. The molecule has 4 aromatic rings. The molecule has 5 rings (SSSR count). The highest BCUT2D eigenvalue weighted by molar-refractivity contribution is 5.91. The topological polar surface area (TPSA) is 51.4 Å². The number of fused-ring (bicyclic) bond motifs is 3. The summed E-state index contributed by atoms with van der Waals surface area (Å²) in [6.45, 7) is 0. The first-order valence-electron chi connectivity index (χ1n) is 7.70. The van der Waals surface area contributed by atoms with E-state index in [1.807, 2.05) is 35.8 Å². The molecule has 3 heterocycles. The van der Waals surface area contributed by atoms with Crippen LogP contribution in [0.25, 0.3) is 28.4 Å². The van der Waals surface area contributed by atoms with Gasteiger partial charge in [0.15, 0.2) is 0 Å². The predicted molar refractivity (Wildman–Crippen MR) is 90.1 cm³/mol. The number of hydrogen-bond donors (Lipinski definition) is 1. The molecule has 0 saturated heterocycles. The van der Waals surface area contributed by atoms with Gasteiger partial charge < -0.3 is 14.1 Å². The summed E-state index contributed by atoms with van der Waals surface area (Å²) < 4.78 is 4.11. The van der Waals surface area contributed by atoms with E-state index in [2.05, 4.69) is 43.8 Å². The molecule has 1 aliphatic rings. The molecule has 0 radical (unpaired) electrons. The number of allylic oxidation sites excluding steroid dienone is 1. The maximum Gasteiger partial charge on any atom is 0.0991 e. The number of aryl methyl sites for hydroxylation is 1. The fourth-order valence-electron chi connectivity index (χ4n) is 3.35. The molecule has 0 amide bonds. The Balaban J connectivity index is 1.64. The normalized spacial score (nSPS) is 14.0. The van der Waals surface area contributed by atoms with Crippen LogP contribution in [-0.4, -0.2) is 24.1 Å². The van der Waals surface area contributed by atoms with Crippen LogP contribution in [0.4, 0.5) is 0 Å². The summed E-state index contributed by atoms with van der Waals surface area (Å²) in [6, 6.07) is 6.53. The molecule has 5 heteroatoms. The lowest BCUT2D eigenvalue weighted by molar-refractivity contribution is 0.920. The van der Waals surface area contributed by atoms with Gasteiger partial charge in [-0.25, -0.2) is 9.97 Å². The zero-order valence-corrected chi connectivity index (χ0v) is 12.5. The van der Waals surface area contributed by atoms with Crippen LogP contribution in [0, 0.1) is 0 Å². The van der Waals surface area contributed by atoms with Crippen molar-refractivity contribution in [2.45, 2.75) is 12.8 Å². The maximum atomic E-state index is 4.14. The number of nitrogens with one attached hydrogen (secondary N) is 1. The molecule has 1 aliphatic carbocycles. The predicted octanol–water partition coefficient (Wildman–Crippen LogP) is 3.49. The Hall–Kier alpha value is -3.08. The first-order chi connectivity index (χ1) is 11.4. The van der Waals surface area contributed by atoms with E-state index in [0.717, 1.165) is 18.5 Å². The Labute approximate surface area is 132 Å². The van der Waals surface area contributed by atoms with Crippen LogP contribution in [0.1, 0.15) is 17.7 Å². The smallest absolute Gasteiger partial charge is 0.0991 e. The van der Waals surface area contributed by atoms with Gasteiger partial charge in [-0.05, 0) is 36.6 Å². The fourth-order valence-corrected chi connectivity index (χ4v) is 3.35. The van der Waals surface area contributed by atoms with Gasteiger partial charge in [-0.1, -0.05) is 6.07 Å². The van der Waals surface area contributed by atoms with Crippen LogP contribution in [-0.2, 0) is 6.42 Å². The highest BCUT2D eigenvalue weighted by atomic mass is 15.0. The quantitative estimate of drug-likeness (QED) is 0.616.